The van der Waals surface area contributed by atoms with Crippen LogP contribution < -0.4 is 11.1 Å². The minimum Gasteiger partial charge on any atom is -0.370 e. The van der Waals surface area contributed by atoms with Gasteiger partial charge in [0.05, 0.1) is 12.2 Å². The topological polar surface area (TPSA) is 68.2 Å². The number of rotatable bonds is 4. The summed E-state index contributed by atoms with van der Waals surface area (Å²) in [6.07, 6.45) is 2.89. The number of guanidine groups is 1. The summed E-state index contributed by atoms with van der Waals surface area (Å²) >= 11 is 0. The minimum absolute atomic E-state index is 0.402. The van der Waals surface area contributed by atoms with Crippen molar-refractivity contribution >= 4 is 11.6 Å². The van der Waals surface area contributed by atoms with Gasteiger partial charge >= 0.3 is 0 Å². The number of hydrogen-bond acceptors (Lipinski definition) is 2. The SMILES string of the molecule is CCc1cccc(NC(N)=NCc2ccn(C)n2)c1. The van der Waals surface area contributed by atoms with Gasteiger partial charge in [-0.25, -0.2) is 4.99 Å². The lowest BCUT2D eigenvalue weighted by molar-refractivity contribution is 0.743. The highest BCUT2D eigenvalue weighted by Gasteiger charge is 1.98. The van der Waals surface area contributed by atoms with Gasteiger partial charge < -0.3 is 11.1 Å². The predicted octanol–water partition coefficient (Wildman–Crippen LogP) is 1.91. The van der Waals surface area contributed by atoms with E-state index in [-0.39, 0.29) is 0 Å². The van der Waals surface area contributed by atoms with E-state index in [2.05, 4.69) is 34.5 Å². The zero-order valence-corrected chi connectivity index (χ0v) is 11.3. The van der Waals surface area contributed by atoms with Crippen LogP contribution in [0.3, 0.4) is 0 Å². The summed E-state index contributed by atoms with van der Waals surface area (Å²) in [4.78, 5) is 4.27. The van der Waals surface area contributed by atoms with Crippen LogP contribution in [0, 0.1) is 0 Å². The van der Waals surface area contributed by atoms with E-state index in [0.717, 1.165) is 17.8 Å². The Bertz CT molecular complexity index is 571. The van der Waals surface area contributed by atoms with Crippen LogP contribution >= 0.6 is 0 Å². The van der Waals surface area contributed by atoms with Crippen molar-refractivity contribution in [2.24, 2.45) is 17.8 Å². The molecule has 1 aromatic heterocycles. The maximum atomic E-state index is 5.86. The highest BCUT2D eigenvalue weighted by atomic mass is 15.3. The van der Waals surface area contributed by atoms with Gasteiger partial charge in [0.15, 0.2) is 5.96 Å². The first-order valence-corrected chi connectivity index (χ1v) is 6.32. The van der Waals surface area contributed by atoms with Crippen LogP contribution in [0.25, 0.3) is 0 Å². The van der Waals surface area contributed by atoms with Gasteiger partial charge in [0, 0.05) is 18.9 Å². The maximum absolute atomic E-state index is 5.86. The molecule has 0 saturated heterocycles. The molecule has 0 atom stereocenters. The molecule has 2 aromatic rings. The molecule has 3 N–H and O–H groups in total. The average Bonchev–Trinajstić information content (AvgIpc) is 2.82. The molecule has 0 unspecified atom stereocenters. The molecule has 0 radical (unpaired) electrons. The number of aryl methyl sites for hydroxylation is 2. The summed E-state index contributed by atoms with van der Waals surface area (Å²) in [5.41, 5.74) is 8.98. The van der Waals surface area contributed by atoms with Gasteiger partial charge in [-0.05, 0) is 30.2 Å². The van der Waals surface area contributed by atoms with Crippen LogP contribution in [0.4, 0.5) is 5.69 Å². The van der Waals surface area contributed by atoms with Crippen molar-refractivity contribution in [3.63, 3.8) is 0 Å². The summed E-state index contributed by atoms with van der Waals surface area (Å²) in [6, 6.07) is 10.1. The fraction of sp³-hybridized carbons (Fsp3) is 0.286. The Labute approximate surface area is 113 Å². The smallest absolute Gasteiger partial charge is 0.193 e. The van der Waals surface area contributed by atoms with Gasteiger partial charge in [0.25, 0.3) is 0 Å². The Morgan fingerprint density at radius 3 is 2.95 bits per heavy atom. The molecular formula is C14H19N5. The zero-order chi connectivity index (χ0) is 13.7. The van der Waals surface area contributed by atoms with Crippen LogP contribution in [0.15, 0.2) is 41.5 Å². The van der Waals surface area contributed by atoms with E-state index >= 15 is 0 Å². The summed E-state index contributed by atoms with van der Waals surface area (Å²) in [5.74, 6) is 0.402. The van der Waals surface area contributed by atoms with Crippen LogP contribution in [0.5, 0.6) is 0 Å². The third-order valence-electron chi connectivity index (χ3n) is 2.79. The Balaban J connectivity index is 1.97. The first-order chi connectivity index (χ1) is 9.17. The van der Waals surface area contributed by atoms with E-state index < -0.39 is 0 Å². The van der Waals surface area contributed by atoms with E-state index in [0.29, 0.717) is 12.5 Å². The molecule has 1 heterocycles. The van der Waals surface area contributed by atoms with E-state index in [9.17, 15) is 0 Å². The molecule has 0 fully saturated rings. The van der Waals surface area contributed by atoms with Gasteiger partial charge in [-0.15, -0.1) is 0 Å². The van der Waals surface area contributed by atoms with Crippen LogP contribution in [-0.4, -0.2) is 15.7 Å². The van der Waals surface area contributed by atoms with Crippen molar-refractivity contribution in [3.05, 3.63) is 47.8 Å². The number of nitrogens with zero attached hydrogens (tertiary/aromatic N) is 3. The van der Waals surface area contributed by atoms with Crippen molar-refractivity contribution in [1.82, 2.24) is 9.78 Å². The van der Waals surface area contributed by atoms with Crippen molar-refractivity contribution in [2.75, 3.05) is 5.32 Å². The van der Waals surface area contributed by atoms with E-state index in [1.54, 1.807) is 4.68 Å². The summed E-state index contributed by atoms with van der Waals surface area (Å²) in [7, 11) is 1.88. The molecule has 1 aromatic carbocycles. The number of anilines is 1. The number of benzene rings is 1. The highest BCUT2D eigenvalue weighted by Crippen LogP contribution is 2.10. The molecule has 0 aliphatic carbocycles. The highest BCUT2D eigenvalue weighted by molar-refractivity contribution is 5.92. The lowest BCUT2D eigenvalue weighted by Crippen LogP contribution is -2.22. The molecule has 2 rings (SSSR count). The number of nitrogens with two attached hydrogens (primary N) is 1. The van der Waals surface area contributed by atoms with Gasteiger partial charge in [0.2, 0.25) is 0 Å². The van der Waals surface area contributed by atoms with E-state index in [4.69, 9.17) is 5.73 Å². The van der Waals surface area contributed by atoms with Crippen molar-refractivity contribution in [2.45, 2.75) is 19.9 Å². The first kappa shape index (κ1) is 13.1. The maximum Gasteiger partial charge on any atom is 0.193 e. The number of aliphatic imine (C=N–C) groups is 1. The largest absolute Gasteiger partial charge is 0.370 e. The molecule has 0 aliphatic heterocycles. The van der Waals surface area contributed by atoms with Crippen molar-refractivity contribution < 1.29 is 0 Å². The van der Waals surface area contributed by atoms with Crippen LogP contribution in [0.2, 0.25) is 0 Å². The number of nitrogens with one attached hydrogen (secondary N) is 1. The Hall–Kier alpha value is -2.30. The average molecular weight is 257 g/mol. The summed E-state index contributed by atoms with van der Waals surface area (Å²) in [5, 5.41) is 7.33. The Morgan fingerprint density at radius 1 is 1.42 bits per heavy atom. The van der Waals surface area contributed by atoms with Gasteiger partial charge in [0.1, 0.15) is 0 Å². The molecule has 100 valence electrons. The second kappa shape index (κ2) is 6.04. The lowest BCUT2D eigenvalue weighted by atomic mass is 10.1. The third kappa shape index (κ3) is 3.84. The summed E-state index contributed by atoms with van der Waals surface area (Å²) in [6.45, 7) is 2.60. The van der Waals surface area contributed by atoms with Gasteiger partial charge in [-0.2, -0.15) is 5.10 Å². The first-order valence-electron chi connectivity index (χ1n) is 6.32. The molecule has 0 aliphatic rings. The Kier molecular flexibility index (Phi) is 4.18. The Morgan fingerprint density at radius 2 is 2.26 bits per heavy atom. The lowest BCUT2D eigenvalue weighted by Gasteiger charge is -2.06. The molecule has 0 saturated carbocycles. The molecule has 0 amide bonds. The fourth-order valence-electron chi connectivity index (χ4n) is 1.77. The molecule has 19 heavy (non-hydrogen) atoms. The predicted molar refractivity (Wildman–Crippen MR) is 78.0 cm³/mol. The number of aromatic nitrogens is 2. The van der Waals surface area contributed by atoms with Crippen LogP contribution in [0.1, 0.15) is 18.2 Å². The number of hydrogen-bond donors (Lipinski definition) is 2. The standard InChI is InChI=1S/C14H19N5/c1-3-11-5-4-6-12(9-11)17-14(15)16-10-13-7-8-19(2)18-13/h4-9H,3,10H2,1-2H3,(H3,15,16,17). The van der Waals surface area contributed by atoms with E-state index in [1.807, 2.05) is 31.4 Å². The van der Waals surface area contributed by atoms with Crippen molar-refractivity contribution in [3.8, 4) is 0 Å². The molecule has 0 spiro atoms. The monoisotopic (exact) mass is 257 g/mol. The summed E-state index contributed by atoms with van der Waals surface area (Å²) < 4.78 is 1.75. The zero-order valence-electron chi connectivity index (χ0n) is 11.3. The molecule has 5 heteroatoms. The third-order valence-corrected chi connectivity index (χ3v) is 2.79. The minimum atomic E-state index is 0.402. The second-order valence-electron chi connectivity index (χ2n) is 4.36. The quantitative estimate of drug-likeness (QED) is 0.649. The van der Waals surface area contributed by atoms with E-state index in [1.165, 1.54) is 5.56 Å². The van der Waals surface area contributed by atoms with Gasteiger partial charge in [-0.1, -0.05) is 19.1 Å². The second-order valence-corrected chi connectivity index (χ2v) is 4.36. The fourth-order valence-corrected chi connectivity index (χ4v) is 1.77. The van der Waals surface area contributed by atoms with Gasteiger partial charge in [-0.3, -0.25) is 4.68 Å². The molecule has 5 nitrogen and oxygen atoms in total. The van der Waals surface area contributed by atoms with Crippen LogP contribution in [-0.2, 0) is 20.0 Å². The molecule has 0 bridgehead atoms. The van der Waals surface area contributed by atoms with Crippen molar-refractivity contribution in [1.29, 1.82) is 0 Å². The normalized spacial score (nSPS) is 11.6. The molecular weight excluding hydrogens is 238 g/mol.